The Kier molecular flexibility index (Phi) is 4.37. The molecule has 2 N–H and O–H groups in total. The van der Waals surface area contributed by atoms with Gasteiger partial charge < -0.3 is 10.4 Å². The van der Waals surface area contributed by atoms with Crippen LogP contribution in [-0.2, 0) is 6.54 Å². The molecule has 0 spiro atoms. The smallest absolute Gasteiger partial charge is 0.124 e. The Bertz CT molecular complexity index is 764. The monoisotopic (exact) mass is 297 g/mol. The van der Waals surface area contributed by atoms with E-state index in [9.17, 15) is 9.50 Å². The van der Waals surface area contributed by atoms with Gasteiger partial charge in [-0.15, -0.1) is 0 Å². The molecule has 0 aliphatic carbocycles. The van der Waals surface area contributed by atoms with E-state index >= 15 is 0 Å². The van der Waals surface area contributed by atoms with E-state index in [1.54, 1.807) is 36.8 Å². The number of fused-ring (bicyclic) bond motifs is 1. The lowest BCUT2D eigenvalue weighted by atomic mass is 10.1. The van der Waals surface area contributed by atoms with Gasteiger partial charge in [-0.1, -0.05) is 6.07 Å². The number of aliphatic hydroxyl groups excluding tert-OH is 1. The molecule has 112 valence electrons. The highest BCUT2D eigenvalue weighted by molar-refractivity contribution is 5.81. The maximum Gasteiger partial charge on any atom is 0.124 e. The molecule has 0 aliphatic rings. The van der Waals surface area contributed by atoms with Gasteiger partial charge in [0.1, 0.15) is 5.82 Å². The van der Waals surface area contributed by atoms with Crippen LogP contribution >= 0.6 is 0 Å². The molecule has 22 heavy (non-hydrogen) atoms. The minimum Gasteiger partial charge on any atom is -0.387 e. The number of halogens is 1. The topological polar surface area (TPSA) is 58.0 Å². The number of aliphatic hydroxyl groups is 1. The summed E-state index contributed by atoms with van der Waals surface area (Å²) in [5.74, 6) is -0.285. The average molecular weight is 297 g/mol. The van der Waals surface area contributed by atoms with E-state index < -0.39 is 6.10 Å². The molecule has 3 aromatic rings. The Morgan fingerprint density at radius 3 is 2.77 bits per heavy atom. The molecule has 3 rings (SSSR count). The van der Waals surface area contributed by atoms with Crippen molar-refractivity contribution in [3.05, 3.63) is 71.9 Å². The Hall–Kier alpha value is -2.37. The summed E-state index contributed by atoms with van der Waals surface area (Å²) in [4.78, 5) is 8.22. The molecule has 0 fully saturated rings. The van der Waals surface area contributed by atoms with Gasteiger partial charge in [-0.25, -0.2) is 4.39 Å². The summed E-state index contributed by atoms with van der Waals surface area (Å²) in [5, 5.41) is 14.0. The van der Waals surface area contributed by atoms with Crippen molar-refractivity contribution in [2.45, 2.75) is 12.6 Å². The van der Waals surface area contributed by atoms with Crippen molar-refractivity contribution in [2.75, 3.05) is 6.54 Å². The van der Waals surface area contributed by atoms with Crippen LogP contribution in [0.25, 0.3) is 10.9 Å². The van der Waals surface area contributed by atoms with Crippen LogP contribution in [0.5, 0.6) is 0 Å². The van der Waals surface area contributed by atoms with Gasteiger partial charge in [-0.2, -0.15) is 0 Å². The number of hydrogen-bond donors (Lipinski definition) is 2. The Morgan fingerprint density at radius 2 is 1.95 bits per heavy atom. The van der Waals surface area contributed by atoms with Crippen molar-refractivity contribution in [3.63, 3.8) is 0 Å². The van der Waals surface area contributed by atoms with Crippen LogP contribution in [0.1, 0.15) is 17.2 Å². The molecule has 0 amide bonds. The molecule has 0 radical (unpaired) electrons. The average Bonchev–Trinajstić information content (AvgIpc) is 2.55. The Morgan fingerprint density at radius 1 is 1.14 bits per heavy atom. The number of aromatic nitrogens is 2. The molecule has 1 atom stereocenters. The van der Waals surface area contributed by atoms with Gasteiger partial charge in [0.15, 0.2) is 0 Å². The second-order valence-corrected chi connectivity index (χ2v) is 5.07. The lowest BCUT2D eigenvalue weighted by Gasteiger charge is -2.13. The highest BCUT2D eigenvalue weighted by atomic mass is 19.1. The van der Waals surface area contributed by atoms with E-state index in [0.29, 0.717) is 13.1 Å². The Balaban J connectivity index is 1.69. The van der Waals surface area contributed by atoms with Crippen LogP contribution in [0.4, 0.5) is 4.39 Å². The highest BCUT2D eigenvalue weighted by Crippen LogP contribution is 2.18. The molecular formula is C17H16FN3O. The van der Waals surface area contributed by atoms with Crippen molar-refractivity contribution in [3.8, 4) is 0 Å². The number of benzene rings is 1. The van der Waals surface area contributed by atoms with Crippen molar-refractivity contribution in [1.82, 2.24) is 15.3 Å². The van der Waals surface area contributed by atoms with E-state index in [1.165, 1.54) is 12.1 Å². The quantitative estimate of drug-likeness (QED) is 0.760. The summed E-state index contributed by atoms with van der Waals surface area (Å²) >= 11 is 0. The molecule has 0 bridgehead atoms. The maximum atomic E-state index is 13.6. The second kappa shape index (κ2) is 6.60. The summed E-state index contributed by atoms with van der Waals surface area (Å²) in [6, 6.07) is 10.1. The molecule has 0 saturated heterocycles. The third-order valence-electron chi connectivity index (χ3n) is 3.49. The highest BCUT2D eigenvalue weighted by Gasteiger charge is 2.08. The van der Waals surface area contributed by atoms with Gasteiger partial charge in [0, 0.05) is 37.1 Å². The summed E-state index contributed by atoms with van der Waals surface area (Å²) < 4.78 is 13.6. The third kappa shape index (κ3) is 3.27. The lowest BCUT2D eigenvalue weighted by molar-refractivity contribution is 0.174. The van der Waals surface area contributed by atoms with Crippen LogP contribution in [0.3, 0.4) is 0 Å². The first kappa shape index (κ1) is 14.6. The number of pyridine rings is 2. The van der Waals surface area contributed by atoms with E-state index in [4.69, 9.17) is 0 Å². The summed E-state index contributed by atoms with van der Waals surface area (Å²) in [5.41, 5.74) is 2.34. The van der Waals surface area contributed by atoms with Gasteiger partial charge in [-0.05, 0) is 41.5 Å². The standard InChI is InChI=1S/C17H16FN3O/c18-15-8-13-2-1-5-21-17(13)14(9-15)10-20-11-16(22)12-3-6-19-7-4-12/h1-9,16,20,22H,10-11H2. The zero-order chi connectivity index (χ0) is 15.4. The first-order valence-corrected chi connectivity index (χ1v) is 7.06. The van der Waals surface area contributed by atoms with Gasteiger partial charge in [0.2, 0.25) is 0 Å². The van der Waals surface area contributed by atoms with Crippen LogP contribution in [-0.4, -0.2) is 21.6 Å². The molecular weight excluding hydrogens is 281 g/mol. The number of hydrogen-bond acceptors (Lipinski definition) is 4. The molecule has 2 aromatic heterocycles. The fourth-order valence-corrected chi connectivity index (χ4v) is 2.41. The third-order valence-corrected chi connectivity index (χ3v) is 3.49. The van der Waals surface area contributed by atoms with Crippen molar-refractivity contribution in [2.24, 2.45) is 0 Å². The fraction of sp³-hybridized carbons (Fsp3) is 0.176. The minimum absolute atomic E-state index is 0.285. The van der Waals surface area contributed by atoms with Crippen molar-refractivity contribution >= 4 is 10.9 Å². The van der Waals surface area contributed by atoms with Gasteiger partial charge in [-0.3, -0.25) is 9.97 Å². The Labute approximate surface area is 127 Å². The SMILES string of the molecule is OC(CNCc1cc(F)cc2cccnc12)c1ccncc1. The molecule has 4 nitrogen and oxygen atoms in total. The lowest BCUT2D eigenvalue weighted by Crippen LogP contribution is -2.21. The van der Waals surface area contributed by atoms with Crippen LogP contribution in [0, 0.1) is 5.82 Å². The summed E-state index contributed by atoms with van der Waals surface area (Å²) in [7, 11) is 0. The van der Waals surface area contributed by atoms with Gasteiger partial charge >= 0.3 is 0 Å². The molecule has 1 aromatic carbocycles. The predicted octanol–water partition coefficient (Wildman–Crippen LogP) is 2.59. The fourth-order valence-electron chi connectivity index (χ4n) is 2.41. The van der Waals surface area contributed by atoms with E-state index in [1.807, 2.05) is 6.07 Å². The zero-order valence-electron chi connectivity index (χ0n) is 11.9. The largest absolute Gasteiger partial charge is 0.387 e. The van der Waals surface area contributed by atoms with E-state index in [0.717, 1.165) is 22.0 Å². The maximum absolute atomic E-state index is 13.6. The van der Waals surface area contributed by atoms with E-state index in [-0.39, 0.29) is 5.82 Å². The van der Waals surface area contributed by atoms with Crippen LogP contribution in [0.15, 0.2) is 55.0 Å². The number of rotatable bonds is 5. The molecule has 5 heteroatoms. The number of nitrogens with one attached hydrogen (secondary N) is 1. The predicted molar refractivity (Wildman–Crippen MR) is 82.6 cm³/mol. The number of nitrogens with zero attached hydrogens (tertiary/aromatic N) is 2. The minimum atomic E-state index is -0.629. The van der Waals surface area contributed by atoms with Gasteiger partial charge in [0.05, 0.1) is 11.6 Å². The van der Waals surface area contributed by atoms with Crippen molar-refractivity contribution in [1.29, 1.82) is 0 Å². The normalized spacial score (nSPS) is 12.5. The van der Waals surface area contributed by atoms with Crippen molar-refractivity contribution < 1.29 is 9.50 Å². The summed E-state index contributed by atoms with van der Waals surface area (Å²) in [6.45, 7) is 0.808. The van der Waals surface area contributed by atoms with E-state index in [2.05, 4.69) is 15.3 Å². The van der Waals surface area contributed by atoms with Crippen LogP contribution in [0.2, 0.25) is 0 Å². The first-order valence-electron chi connectivity index (χ1n) is 7.06. The molecule has 1 unspecified atom stereocenters. The summed E-state index contributed by atoms with van der Waals surface area (Å²) in [6.07, 6.45) is 4.34. The molecule has 2 heterocycles. The van der Waals surface area contributed by atoms with Crippen LogP contribution < -0.4 is 5.32 Å². The second-order valence-electron chi connectivity index (χ2n) is 5.07. The molecule has 0 saturated carbocycles. The van der Waals surface area contributed by atoms with Gasteiger partial charge in [0.25, 0.3) is 0 Å². The first-order chi connectivity index (χ1) is 10.7. The molecule has 0 aliphatic heterocycles. The zero-order valence-corrected chi connectivity index (χ0v) is 11.9.